The van der Waals surface area contributed by atoms with E-state index in [9.17, 15) is 14.4 Å². The van der Waals surface area contributed by atoms with Gasteiger partial charge in [0.15, 0.2) is 0 Å². The first-order valence-corrected chi connectivity index (χ1v) is 8.69. The van der Waals surface area contributed by atoms with Crippen LogP contribution in [0.25, 0.3) is 0 Å². The lowest BCUT2D eigenvalue weighted by molar-refractivity contribution is -0.146. The smallest absolute Gasteiger partial charge is 0.437 e. The van der Waals surface area contributed by atoms with Crippen molar-refractivity contribution >= 4 is 18.1 Å². The molecule has 1 aliphatic carbocycles. The van der Waals surface area contributed by atoms with Crippen molar-refractivity contribution < 1.29 is 23.9 Å². The van der Waals surface area contributed by atoms with Gasteiger partial charge in [-0.3, -0.25) is 4.79 Å². The maximum atomic E-state index is 12.8. The zero-order valence-corrected chi connectivity index (χ0v) is 15.9. The summed E-state index contributed by atoms with van der Waals surface area (Å²) in [6, 6.07) is -0.353. The molecule has 0 N–H and O–H groups in total. The standard InChI is InChI=1S/C18H28N2O5/c1-17(2,3)24-15(22)19-13-10-8-7-9-12(13)11-14(21)20(19)16(23)25-18(4,5)6/h11,13H,7-10H2,1-6H3/t13-/m0/s1. The predicted molar refractivity (Wildman–Crippen MR) is 91.5 cm³/mol. The van der Waals surface area contributed by atoms with Gasteiger partial charge >= 0.3 is 12.2 Å². The van der Waals surface area contributed by atoms with Crippen LogP contribution >= 0.6 is 0 Å². The highest BCUT2D eigenvalue weighted by Crippen LogP contribution is 2.34. The van der Waals surface area contributed by atoms with Crippen LogP contribution in [0.4, 0.5) is 9.59 Å². The molecule has 140 valence electrons. The molecule has 0 unspecified atom stereocenters. The number of hydrogen-bond donors (Lipinski definition) is 0. The number of ether oxygens (including phenoxy) is 2. The first kappa shape index (κ1) is 19.3. The number of carbonyl (C=O) groups excluding carboxylic acids is 3. The number of carbonyl (C=O) groups is 3. The van der Waals surface area contributed by atoms with Crippen LogP contribution in [-0.4, -0.2) is 45.4 Å². The van der Waals surface area contributed by atoms with Gasteiger partial charge in [-0.05, 0) is 66.4 Å². The Morgan fingerprint density at radius 2 is 1.56 bits per heavy atom. The second-order valence-electron chi connectivity index (χ2n) is 8.44. The van der Waals surface area contributed by atoms with Crippen molar-refractivity contribution in [3.63, 3.8) is 0 Å². The molecule has 1 saturated carbocycles. The lowest BCUT2D eigenvalue weighted by atomic mass is 9.88. The fraction of sp³-hybridized carbons (Fsp3) is 0.722. The molecule has 1 fully saturated rings. The zero-order chi connectivity index (χ0) is 19.0. The summed E-state index contributed by atoms with van der Waals surface area (Å²) in [5, 5.41) is 1.91. The highest BCUT2D eigenvalue weighted by atomic mass is 16.6. The van der Waals surface area contributed by atoms with Gasteiger partial charge in [0.2, 0.25) is 0 Å². The molecule has 0 spiro atoms. The lowest BCUT2D eigenvalue weighted by Gasteiger charge is -2.44. The van der Waals surface area contributed by atoms with Gasteiger partial charge < -0.3 is 9.47 Å². The minimum Gasteiger partial charge on any atom is -0.442 e. The van der Waals surface area contributed by atoms with Crippen molar-refractivity contribution in [1.82, 2.24) is 10.0 Å². The van der Waals surface area contributed by atoms with Crippen LogP contribution in [0.1, 0.15) is 67.2 Å². The number of amides is 3. The Morgan fingerprint density at radius 3 is 2.12 bits per heavy atom. The van der Waals surface area contributed by atoms with E-state index in [1.165, 1.54) is 6.08 Å². The Hall–Kier alpha value is -2.05. The third-order valence-corrected chi connectivity index (χ3v) is 3.80. The van der Waals surface area contributed by atoms with E-state index in [2.05, 4.69) is 0 Å². The summed E-state index contributed by atoms with van der Waals surface area (Å²) in [6.07, 6.45) is 3.15. The van der Waals surface area contributed by atoms with Gasteiger partial charge in [0, 0.05) is 6.08 Å². The molecular weight excluding hydrogens is 324 g/mol. The minimum atomic E-state index is -0.871. The first-order valence-electron chi connectivity index (χ1n) is 8.69. The molecule has 0 aromatic heterocycles. The molecule has 1 atom stereocenters. The minimum absolute atomic E-state index is 0.353. The Labute approximate surface area is 148 Å². The van der Waals surface area contributed by atoms with Crippen LogP contribution in [0.3, 0.4) is 0 Å². The van der Waals surface area contributed by atoms with Gasteiger partial charge in [-0.25, -0.2) is 9.59 Å². The number of rotatable bonds is 0. The quantitative estimate of drug-likeness (QED) is 0.663. The van der Waals surface area contributed by atoms with E-state index in [0.29, 0.717) is 6.42 Å². The molecular formula is C18H28N2O5. The highest BCUT2D eigenvalue weighted by Gasteiger charge is 2.45. The summed E-state index contributed by atoms with van der Waals surface area (Å²) in [7, 11) is 0. The number of imide groups is 1. The third-order valence-electron chi connectivity index (χ3n) is 3.80. The predicted octanol–water partition coefficient (Wildman–Crippen LogP) is 3.78. The molecule has 1 aliphatic heterocycles. The average molecular weight is 352 g/mol. The molecule has 3 amide bonds. The van der Waals surface area contributed by atoms with Crippen molar-refractivity contribution in [2.75, 3.05) is 0 Å². The van der Waals surface area contributed by atoms with Crippen LogP contribution in [0, 0.1) is 0 Å². The summed E-state index contributed by atoms with van der Waals surface area (Å²) in [4.78, 5) is 37.9. The topological polar surface area (TPSA) is 76.2 Å². The maximum absolute atomic E-state index is 12.8. The van der Waals surface area contributed by atoms with E-state index < -0.39 is 29.3 Å². The first-order chi connectivity index (χ1) is 11.4. The van der Waals surface area contributed by atoms with Gasteiger partial charge in [0.1, 0.15) is 11.2 Å². The lowest BCUT2D eigenvalue weighted by Crippen LogP contribution is -2.61. The zero-order valence-electron chi connectivity index (χ0n) is 15.9. The third kappa shape index (κ3) is 4.74. The van der Waals surface area contributed by atoms with Gasteiger partial charge in [-0.2, -0.15) is 5.01 Å². The molecule has 0 aromatic rings. The van der Waals surface area contributed by atoms with Gasteiger partial charge in [-0.15, -0.1) is 5.01 Å². The fourth-order valence-electron chi connectivity index (χ4n) is 2.93. The molecule has 0 saturated heterocycles. The Kier molecular flexibility index (Phi) is 5.16. The van der Waals surface area contributed by atoms with Crippen LogP contribution in [0.15, 0.2) is 11.6 Å². The SMILES string of the molecule is CC(C)(C)OC(=O)N1C(=O)C=C2CCCC[C@@H]2N1C(=O)OC(C)(C)C. The molecule has 0 radical (unpaired) electrons. The van der Waals surface area contributed by atoms with E-state index in [-0.39, 0.29) is 6.04 Å². The Morgan fingerprint density at radius 1 is 1.00 bits per heavy atom. The van der Waals surface area contributed by atoms with Crippen LogP contribution in [0.5, 0.6) is 0 Å². The van der Waals surface area contributed by atoms with E-state index >= 15 is 0 Å². The van der Waals surface area contributed by atoms with Crippen molar-refractivity contribution in [3.8, 4) is 0 Å². The van der Waals surface area contributed by atoms with Crippen molar-refractivity contribution in [2.24, 2.45) is 0 Å². The van der Waals surface area contributed by atoms with Crippen LogP contribution in [0.2, 0.25) is 0 Å². The maximum Gasteiger partial charge on any atom is 0.437 e. The second kappa shape index (κ2) is 6.69. The second-order valence-corrected chi connectivity index (χ2v) is 8.44. The highest BCUT2D eigenvalue weighted by molar-refractivity contribution is 6.01. The largest absolute Gasteiger partial charge is 0.442 e. The average Bonchev–Trinajstić information content (AvgIpc) is 2.41. The van der Waals surface area contributed by atoms with Gasteiger partial charge in [-0.1, -0.05) is 6.42 Å². The molecule has 7 heteroatoms. The summed E-state index contributed by atoms with van der Waals surface area (Å²) in [5.41, 5.74) is -0.662. The number of fused-ring (bicyclic) bond motifs is 1. The molecule has 0 aromatic carbocycles. The van der Waals surface area contributed by atoms with E-state index in [1.807, 2.05) is 0 Å². The van der Waals surface area contributed by atoms with Crippen molar-refractivity contribution in [1.29, 1.82) is 0 Å². The monoisotopic (exact) mass is 352 g/mol. The van der Waals surface area contributed by atoms with E-state index in [0.717, 1.165) is 34.9 Å². The number of nitrogens with zero attached hydrogens (tertiary/aromatic N) is 2. The Bertz CT molecular complexity index is 598. The van der Waals surface area contributed by atoms with Crippen molar-refractivity contribution in [2.45, 2.75) is 84.5 Å². The van der Waals surface area contributed by atoms with Crippen LogP contribution < -0.4 is 0 Å². The van der Waals surface area contributed by atoms with Gasteiger partial charge in [0.25, 0.3) is 5.91 Å². The number of hydrazine groups is 1. The summed E-state index contributed by atoms with van der Waals surface area (Å²) in [5.74, 6) is -0.576. The normalized spacial score (nSPS) is 21.4. The molecule has 2 rings (SSSR count). The summed E-state index contributed by atoms with van der Waals surface area (Å²) < 4.78 is 10.8. The van der Waals surface area contributed by atoms with Crippen molar-refractivity contribution in [3.05, 3.63) is 11.6 Å². The van der Waals surface area contributed by atoms with E-state index in [1.54, 1.807) is 41.5 Å². The summed E-state index contributed by atoms with van der Waals surface area (Å²) >= 11 is 0. The molecule has 1 heterocycles. The molecule has 7 nitrogen and oxygen atoms in total. The van der Waals surface area contributed by atoms with Gasteiger partial charge in [0.05, 0.1) is 6.04 Å². The fourth-order valence-corrected chi connectivity index (χ4v) is 2.93. The molecule has 0 bridgehead atoms. The number of hydrogen-bond acceptors (Lipinski definition) is 5. The Balaban J connectivity index is 2.38. The van der Waals surface area contributed by atoms with E-state index in [4.69, 9.17) is 9.47 Å². The van der Waals surface area contributed by atoms with Crippen LogP contribution in [-0.2, 0) is 14.3 Å². The molecule has 2 aliphatic rings. The summed E-state index contributed by atoms with van der Waals surface area (Å²) in [6.45, 7) is 10.3. The molecule has 25 heavy (non-hydrogen) atoms.